The average molecular weight is 382 g/mol. The zero-order valence-corrected chi connectivity index (χ0v) is 17.0. The van der Waals surface area contributed by atoms with Crippen molar-refractivity contribution in [3.05, 3.63) is 52.3 Å². The monoisotopic (exact) mass is 382 g/mol. The summed E-state index contributed by atoms with van der Waals surface area (Å²) < 4.78 is 5.47. The van der Waals surface area contributed by atoms with Gasteiger partial charge in [0.2, 0.25) is 0 Å². The Kier molecular flexibility index (Phi) is 5.40. The van der Waals surface area contributed by atoms with Crippen LogP contribution in [0.3, 0.4) is 0 Å². The van der Waals surface area contributed by atoms with E-state index in [4.69, 9.17) is 4.74 Å². The summed E-state index contributed by atoms with van der Waals surface area (Å²) in [7, 11) is 0. The standard InChI is InChI=1S/C22H26N2O4/c1-12-10-11-17-8-6-7-9-18(17)24(12)21(26)16(5)28-22(27)20-13(2)19(15(4)25)14(3)23-20/h6-9,12,16,23H,10-11H2,1-5H3/t12-,16-/m0/s1. The number of hydrogen-bond donors (Lipinski definition) is 1. The Morgan fingerprint density at radius 1 is 1.21 bits per heavy atom. The SMILES string of the molecule is CC(=O)c1c(C)[nH]c(C(=O)O[C@@H](C)C(=O)N2c3ccccc3CC[C@@H]2C)c1C. The maximum Gasteiger partial charge on any atom is 0.355 e. The summed E-state index contributed by atoms with van der Waals surface area (Å²) in [6.07, 6.45) is 0.842. The van der Waals surface area contributed by atoms with Gasteiger partial charge in [0.25, 0.3) is 5.91 Å². The molecule has 0 aliphatic carbocycles. The molecule has 0 spiro atoms. The highest BCUT2D eigenvalue weighted by Gasteiger charge is 2.33. The van der Waals surface area contributed by atoms with Gasteiger partial charge in [-0.2, -0.15) is 0 Å². The lowest BCUT2D eigenvalue weighted by Crippen LogP contribution is -2.47. The normalized spacial score (nSPS) is 17.0. The van der Waals surface area contributed by atoms with E-state index in [1.54, 1.807) is 25.7 Å². The smallest absolute Gasteiger partial charge is 0.355 e. The first-order chi connectivity index (χ1) is 13.2. The number of aromatic nitrogens is 1. The second-order valence-electron chi connectivity index (χ2n) is 7.45. The molecule has 3 rings (SSSR count). The number of H-pyrrole nitrogens is 1. The first kappa shape index (κ1) is 19.9. The number of ether oxygens (including phenoxy) is 1. The van der Waals surface area contributed by atoms with Gasteiger partial charge in [0.05, 0.1) is 0 Å². The molecule has 6 heteroatoms. The summed E-state index contributed by atoms with van der Waals surface area (Å²) in [4.78, 5) is 42.2. The molecule has 6 nitrogen and oxygen atoms in total. The van der Waals surface area contributed by atoms with Crippen LogP contribution in [0, 0.1) is 13.8 Å². The van der Waals surface area contributed by atoms with Gasteiger partial charge < -0.3 is 14.6 Å². The molecule has 148 valence electrons. The van der Waals surface area contributed by atoms with Gasteiger partial charge in [-0.1, -0.05) is 18.2 Å². The summed E-state index contributed by atoms with van der Waals surface area (Å²) in [6, 6.07) is 7.84. The summed E-state index contributed by atoms with van der Waals surface area (Å²) in [6.45, 7) is 8.48. The van der Waals surface area contributed by atoms with Crippen LogP contribution in [-0.2, 0) is 16.0 Å². The van der Waals surface area contributed by atoms with E-state index in [1.807, 2.05) is 31.2 Å². The summed E-state index contributed by atoms with van der Waals surface area (Å²) in [5.41, 5.74) is 3.87. The molecular weight excluding hydrogens is 356 g/mol. The van der Waals surface area contributed by atoms with Crippen LogP contribution in [0.4, 0.5) is 5.69 Å². The van der Waals surface area contributed by atoms with Gasteiger partial charge in [0, 0.05) is 23.0 Å². The molecule has 0 bridgehead atoms. The Balaban J connectivity index is 1.81. The third kappa shape index (κ3) is 3.46. The lowest BCUT2D eigenvalue weighted by molar-refractivity contribution is -0.127. The highest BCUT2D eigenvalue weighted by molar-refractivity contribution is 6.03. The number of fused-ring (bicyclic) bond motifs is 1. The Hall–Kier alpha value is -2.89. The Morgan fingerprint density at radius 2 is 1.89 bits per heavy atom. The number of nitrogens with zero attached hydrogens (tertiary/aromatic N) is 1. The highest BCUT2D eigenvalue weighted by atomic mass is 16.5. The summed E-state index contributed by atoms with van der Waals surface area (Å²) in [5.74, 6) is -0.999. The van der Waals surface area contributed by atoms with Crippen LogP contribution in [0.25, 0.3) is 0 Å². The van der Waals surface area contributed by atoms with Crippen molar-refractivity contribution >= 4 is 23.3 Å². The van der Waals surface area contributed by atoms with Crippen molar-refractivity contribution in [3.63, 3.8) is 0 Å². The molecule has 1 aromatic heterocycles. The number of para-hydroxylation sites is 1. The second kappa shape index (κ2) is 7.62. The molecule has 28 heavy (non-hydrogen) atoms. The van der Waals surface area contributed by atoms with Gasteiger partial charge in [-0.3, -0.25) is 9.59 Å². The van der Waals surface area contributed by atoms with Crippen LogP contribution in [0.2, 0.25) is 0 Å². The maximum atomic E-state index is 13.1. The zero-order chi connectivity index (χ0) is 20.6. The van der Waals surface area contributed by atoms with Crippen LogP contribution in [-0.4, -0.2) is 34.8 Å². The van der Waals surface area contributed by atoms with Gasteiger partial charge >= 0.3 is 5.97 Å². The van der Waals surface area contributed by atoms with Gasteiger partial charge in [-0.15, -0.1) is 0 Å². The quantitative estimate of drug-likeness (QED) is 0.645. The molecule has 0 fully saturated rings. The highest BCUT2D eigenvalue weighted by Crippen LogP contribution is 2.31. The summed E-state index contributed by atoms with van der Waals surface area (Å²) >= 11 is 0. The first-order valence-corrected chi connectivity index (χ1v) is 9.54. The van der Waals surface area contributed by atoms with Crippen LogP contribution in [0.1, 0.15) is 64.9 Å². The number of esters is 1. The lowest BCUT2D eigenvalue weighted by Gasteiger charge is -2.36. The number of nitrogens with one attached hydrogen (secondary N) is 1. The van der Waals surface area contributed by atoms with Crippen molar-refractivity contribution in [2.75, 3.05) is 4.90 Å². The fraction of sp³-hybridized carbons (Fsp3) is 0.409. The van der Waals surface area contributed by atoms with Gasteiger partial charge in [0.15, 0.2) is 11.9 Å². The Labute approximate surface area is 164 Å². The molecule has 2 atom stereocenters. The largest absolute Gasteiger partial charge is 0.448 e. The first-order valence-electron chi connectivity index (χ1n) is 9.54. The number of aryl methyl sites for hydroxylation is 2. The van der Waals surface area contributed by atoms with E-state index in [1.165, 1.54) is 6.92 Å². The number of amides is 1. The number of benzene rings is 1. The predicted molar refractivity (Wildman–Crippen MR) is 107 cm³/mol. The number of carbonyl (C=O) groups is 3. The van der Waals surface area contributed by atoms with E-state index < -0.39 is 12.1 Å². The van der Waals surface area contributed by atoms with E-state index in [2.05, 4.69) is 4.98 Å². The number of rotatable bonds is 4. The van der Waals surface area contributed by atoms with Crippen molar-refractivity contribution in [1.82, 2.24) is 4.98 Å². The molecule has 1 aliphatic heterocycles. The van der Waals surface area contributed by atoms with Gasteiger partial charge in [0.1, 0.15) is 5.69 Å². The average Bonchev–Trinajstić information content (AvgIpc) is 2.95. The number of anilines is 1. The van der Waals surface area contributed by atoms with E-state index in [-0.39, 0.29) is 23.4 Å². The minimum Gasteiger partial charge on any atom is -0.448 e. The maximum absolute atomic E-state index is 13.1. The second-order valence-corrected chi connectivity index (χ2v) is 7.45. The molecule has 1 amide bonds. The van der Waals surface area contributed by atoms with Crippen molar-refractivity contribution < 1.29 is 19.1 Å². The van der Waals surface area contributed by atoms with Crippen LogP contribution >= 0.6 is 0 Å². The van der Waals surface area contributed by atoms with E-state index in [0.29, 0.717) is 16.8 Å². The van der Waals surface area contributed by atoms with Crippen LogP contribution in [0.15, 0.2) is 24.3 Å². The molecular formula is C22H26N2O4. The van der Waals surface area contributed by atoms with Gasteiger partial charge in [-0.25, -0.2) is 4.79 Å². The molecule has 0 saturated carbocycles. The summed E-state index contributed by atoms with van der Waals surface area (Å²) in [5, 5.41) is 0. The minimum absolute atomic E-state index is 0.0299. The molecule has 0 saturated heterocycles. The van der Waals surface area contributed by atoms with Crippen LogP contribution in [0.5, 0.6) is 0 Å². The minimum atomic E-state index is -0.940. The molecule has 0 unspecified atom stereocenters. The Bertz CT molecular complexity index is 944. The molecule has 0 radical (unpaired) electrons. The molecule has 2 aromatic rings. The van der Waals surface area contributed by atoms with E-state index >= 15 is 0 Å². The number of Topliss-reactive ketones (excluding diaryl/α,β-unsaturated/α-hetero) is 1. The van der Waals surface area contributed by atoms with E-state index in [0.717, 1.165) is 24.1 Å². The van der Waals surface area contributed by atoms with Crippen molar-refractivity contribution in [2.45, 2.75) is 59.6 Å². The van der Waals surface area contributed by atoms with E-state index in [9.17, 15) is 14.4 Å². The van der Waals surface area contributed by atoms with Crippen LogP contribution < -0.4 is 4.90 Å². The van der Waals surface area contributed by atoms with Crippen molar-refractivity contribution in [1.29, 1.82) is 0 Å². The molecule has 1 aliphatic rings. The van der Waals surface area contributed by atoms with Crippen molar-refractivity contribution in [2.24, 2.45) is 0 Å². The molecule has 1 aromatic carbocycles. The number of aromatic amines is 1. The predicted octanol–water partition coefficient (Wildman–Crippen LogP) is 3.75. The number of hydrogen-bond acceptors (Lipinski definition) is 4. The third-order valence-electron chi connectivity index (χ3n) is 5.39. The van der Waals surface area contributed by atoms with Crippen molar-refractivity contribution in [3.8, 4) is 0 Å². The Morgan fingerprint density at radius 3 is 2.54 bits per heavy atom. The van der Waals surface area contributed by atoms with Gasteiger partial charge in [-0.05, 0) is 64.7 Å². The zero-order valence-electron chi connectivity index (χ0n) is 17.0. The topological polar surface area (TPSA) is 79.5 Å². The molecule has 1 N–H and O–H groups in total. The fourth-order valence-electron chi connectivity index (χ4n) is 3.97. The number of carbonyl (C=O) groups excluding carboxylic acids is 3. The third-order valence-corrected chi connectivity index (χ3v) is 5.39. The fourth-order valence-corrected chi connectivity index (χ4v) is 3.97. The lowest BCUT2D eigenvalue weighted by atomic mass is 9.96. The number of ketones is 1. The molecule has 2 heterocycles.